The van der Waals surface area contributed by atoms with E-state index >= 15 is 0 Å². The molecule has 4 rings (SSSR count). The van der Waals surface area contributed by atoms with Crippen molar-refractivity contribution < 1.29 is 4.79 Å². The molecule has 0 bridgehead atoms. The van der Waals surface area contributed by atoms with Crippen molar-refractivity contribution in [3.8, 4) is 5.82 Å². The number of amides is 1. The molecular formula is C18H17ClN6OS. The lowest BCUT2D eigenvalue weighted by Crippen LogP contribution is -2.32. The molecule has 0 radical (unpaired) electrons. The largest absolute Gasteiger partial charge is 0.368 e. The topological polar surface area (TPSA) is 97.9 Å². The minimum atomic E-state index is -0.118. The maximum Gasteiger partial charge on any atom is 0.255 e. The summed E-state index contributed by atoms with van der Waals surface area (Å²) in [5.74, 6) is 0.689. The number of carbonyl (C=O) groups is 1. The Bertz CT molecular complexity index is 1030. The number of nitrogen functional groups attached to an aromatic ring is 1. The van der Waals surface area contributed by atoms with Gasteiger partial charge in [-0.3, -0.25) is 4.79 Å². The molecule has 27 heavy (non-hydrogen) atoms. The van der Waals surface area contributed by atoms with Crippen LogP contribution in [0.4, 0.5) is 17.3 Å². The van der Waals surface area contributed by atoms with Crippen LogP contribution in [0.3, 0.4) is 0 Å². The van der Waals surface area contributed by atoms with Crippen LogP contribution in [0.5, 0.6) is 0 Å². The second-order valence-corrected chi connectivity index (χ2v) is 7.18. The van der Waals surface area contributed by atoms with Crippen molar-refractivity contribution in [3.05, 3.63) is 52.9 Å². The number of nitrogens with zero attached hydrogens (tertiary/aromatic N) is 3. The van der Waals surface area contributed by atoms with Crippen LogP contribution in [0, 0.1) is 0 Å². The number of rotatable bonds is 4. The first-order valence-electron chi connectivity index (χ1n) is 8.29. The van der Waals surface area contributed by atoms with E-state index < -0.39 is 0 Å². The molecule has 0 spiro atoms. The molecule has 0 saturated carbocycles. The number of fused-ring (bicyclic) bond motifs is 1. The van der Waals surface area contributed by atoms with Gasteiger partial charge in [0.05, 0.1) is 22.0 Å². The van der Waals surface area contributed by atoms with Gasteiger partial charge in [0.1, 0.15) is 5.82 Å². The van der Waals surface area contributed by atoms with Crippen molar-refractivity contribution in [1.29, 1.82) is 0 Å². The number of carbonyl (C=O) groups excluding carboxylic acids is 1. The fourth-order valence-corrected chi connectivity index (χ4v) is 4.19. The van der Waals surface area contributed by atoms with E-state index in [1.54, 1.807) is 24.0 Å². The molecule has 3 aromatic rings. The number of halogens is 1. The predicted octanol–water partition coefficient (Wildman–Crippen LogP) is 3.25. The van der Waals surface area contributed by atoms with E-state index in [4.69, 9.17) is 17.3 Å². The van der Waals surface area contributed by atoms with E-state index in [0.29, 0.717) is 35.1 Å². The van der Waals surface area contributed by atoms with Gasteiger partial charge in [-0.15, -0.1) is 11.8 Å². The highest BCUT2D eigenvalue weighted by atomic mass is 35.5. The average molecular weight is 401 g/mol. The standard InChI is InChI=1S/C18H17ClN6OS/c1-27-16-10(19)3-2-4-11(16)23-12-9-25(14-6-8-22-18(20)24-14)13-5-7-21-17(26)15(12)13/h2-4,6,8-9,23H,5,7H2,1H3,(H,21,26)(H2,20,22,24). The zero-order valence-electron chi connectivity index (χ0n) is 14.5. The van der Waals surface area contributed by atoms with Gasteiger partial charge in [-0.05, 0) is 24.5 Å². The summed E-state index contributed by atoms with van der Waals surface area (Å²) in [6.07, 6.45) is 6.12. The van der Waals surface area contributed by atoms with E-state index in [0.717, 1.165) is 16.3 Å². The third kappa shape index (κ3) is 3.22. The first kappa shape index (κ1) is 17.7. The van der Waals surface area contributed by atoms with Crippen molar-refractivity contribution in [2.75, 3.05) is 23.9 Å². The van der Waals surface area contributed by atoms with Gasteiger partial charge in [-0.1, -0.05) is 17.7 Å². The molecule has 3 heterocycles. The summed E-state index contributed by atoms with van der Waals surface area (Å²) in [5.41, 5.74) is 8.75. The van der Waals surface area contributed by atoms with Gasteiger partial charge < -0.3 is 20.9 Å². The number of aromatic nitrogens is 3. The molecule has 0 unspecified atom stereocenters. The van der Waals surface area contributed by atoms with Crippen LogP contribution >= 0.6 is 23.4 Å². The van der Waals surface area contributed by atoms with Gasteiger partial charge in [-0.25, -0.2) is 4.98 Å². The SMILES string of the molecule is CSc1c(Cl)cccc1Nc1cn(-c2ccnc(N)n2)c2c1C(=O)NCC2. The molecule has 0 aliphatic carbocycles. The summed E-state index contributed by atoms with van der Waals surface area (Å²) in [5, 5.41) is 6.93. The summed E-state index contributed by atoms with van der Waals surface area (Å²) < 4.78 is 1.89. The second kappa shape index (κ2) is 7.13. The van der Waals surface area contributed by atoms with Crippen LogP contribution in [0.1, 0.15) is 16.1 Å². The van der Waals surface area contributed by atoms with Gasteiger partial charge in [0, 0.05) is 35.9 Å². The molecule has 1 aromatic carbocycles. The van der Waals surface area contributed by atoms with E-state index in [9.17, 15) is 4.79 Å². The molecule has 0 atom stereocenters. The van der Waals surface area contributed by atoms with Crippen molar-refractivity contribution in [2.45, 2.75) is 11.3 Å². The molecule has 9 heteroatoms. The maximum atomic E-state index is 12.6. The van der Waals surface area contributed by atoms with E-state index in [2.05, 4.69) is 20.6 Å². The smallest absolute Gasteiger partial charge is 0.255 e. The van der Waals surface area contributed by atoms with E-state index in [-0.39, 0.29) is 11.9 Å². The number of thioether (sulfide) groups is 1. The second-order valence-electron chi connectivity index (χ2n) is 5.96. The van der Waals surface area contributed by atoms with Gasteiger partial charge in [0.2, 0.25) is 5.95 Å². The molecule has 138 valence electrons. The third-order valence-electron chi connectivity index (χ3n) is 4.33. The quantitative estimate of drug-likeness (QED) is 0.581. The zero-order valence-corrected chi connectivity index (χ0v) is 16.1. The summed E-state index contributed by atoms with van der Waals surface area (Å²) >= 11 is 7.86. The molecule has 1 amide bonds. The zero-order chi connectivity index (χ0) is 19.0. The van der Waals surface area contributed by atoms with Crippen LogP contribution < -0.4 is 16.4 Å². The third-order valence-corrected chi connectivity index (χ3v) is 5.60. The van der Waals surface area contributed by atoms with Crippen molar-refractivity contribution >= 4 is 46.6 Å². The molecule has 7 nitrogen and oxygen atoms in total. The Morgan fingerprint density at radius 3 is 2.96 bits per heavy atom. The van der Waals surface area contributed by atoms with Crippen molar-refractivity contribution in [2.24, 2.45) is 0 Å². The highest BCUT2D eigenvalue weighted by Crippen LogP contribution is 2.37. The minimum Gasteiger partial charge on any atom is -0.368 e. The molecule has 1 aliphatic rings. The van der Waals surface area contributed by atoms with Crippen molar-refractivity contribution in [1.82, 2.24) is 19.9 Å². The Hall–Kier alpha value is -2.71. The summed E-state index contributed by atoms with van der Waals surface area (Å²) in [6, 6.07) is 7.42. The van der Waals surface area contributed by atoms with E-state index in [1.165, 1.54) is 0 Å². The molecule has 2 aromatic heterocycles. The lowest BCUT2D eigenvalue weighted by Gasteiger charge is -2.17. The molecule has 0 fully saturated rings. The van der Waals surface area contributed by atoms with Gasteiger partial charge in [0.15, 0.2) is 0 Å². The van der Waals surface area contributed by atoms with Crippen LogP contribution in [0.2, 0.25) is 5.02 Å². The molecular weight excluding hydrogens is 384 g/mol. The summed E-state index contributed by atoms with van der Waals surface area (Å²) in [4.78, 5) is 21.7. The minimum absolute atomic E-state index is 0.118. The Kier molecular flexibility index (Phi) is 4.67. The lowest BCUT2D eigenvalue weighted by molar-refractivity contribution is 0.0946. The average Bonchev–Trinajstić information content (AvgIpc) is 3.02. The highest BCUT2D eigenvalue weighted by Gasteiger charge is 2.27. The molecule has 0 saturated heterocycles. The highest BCUT2D eigenvalue weighted by molar-refractivity contribution is 7.98. The number of nitrogens with two attached hydrogens (primary N) is 1. The van der Waals surface area contributed by atoms with Crippen LogP contribution in [0.15, 0.2) is 41.6 Å². The van der Waals surface area contributed by atoms with Crippen molar-refractivity contribution in [3.63, 3.8) is 0 Å². The number of benzene rings is 1. The number of hydrogen-bond acceptors (Lipinski definition) is 6. The van der Waals surface area contributed by atoms with Crippen LogP contribution in [-0.4, -0.2) is 33.2 Å². The van der Waals surface area contributed by atoms with Crippen LogP contribution in [-0.2, 0) is 6.42 Å². The summed E-state index contributed by atoms with van der Waals surface area (Å²) in [7, 11) is 0. The fourth-order valence-electron chi connectivity index (χ4n) is 3.19. The van der Waals surface area contributed by atoms with Gasteiger partial charge in [-0.2, -0.15) is 4.98 Å². The number of anilines is 3. The maximum absolute atomic E-state index is 12.6. The normalized spacial score (nSPS) is 13.2. The summed E-state index contributed by atoms with van der Waals surface area (Å²) in [6.45, 7) is 0.572. The predicted molar refractivity (Wildman–Crippen MR) is 108 cm³/mol. The first-order chi connectivity index (χ1) is 13.1. The molecule has 4 N–H and O–H groups in total. The Morgan fingerprint density at radius 1 is 1.33 bits per heavy atom. The lowest BCUT2D eigenvalue weighted by atomic mass is 10.1. The number of nitrogens with one attached hydrogen (secondary N) is 2. The Labute approximate surface area is 165 Å². The Morgan fingerprint density at radius 2 is 2.19 bits per heavy atom. The molecule has 1 aliphatic heterocycles. The Balaban J connectivity index is 1.85. The van der Waals surface area contributed by atoms with E-state index in [1.807, 2.05) is 35.2 Å². The monoisotopic (exact) mass is 400 g/mol. The van der Waals surface area contributed by atoms with Gasteiger partial charge >= 0.3 is 0 Å². The first-order valence-corrected chi connectivity index (χ1v) is 9.89. The number of hydrogen-bond donors (Lipinski definition) is 3. The van der Waals surface area contributed by atoms with Crippen LogP contribution in [0.25, 0.3) is 5.82 Å². The fraction of sp³-hybridized carbons (Fsp3) is 0.167. The van der Waals surface area contributed by atoms with Gasteiger partial charge in [0.25, 0.3) is 5.91 Å².